The normalized spacial score (nSPS) is 14.6. The van der Waals surface area contributed by atoms with E-state index in [2.05, 4.69) is 31.3 Å². The van der Waals surface area contributed by atoms with E-state index in [9.17, 15) is 18.4 Å². The highest BCUT2D eigenvalue weighted by molar-refractivity contribution is 6.06. The van der Waals surface area contributed by atoms with E-state index in [1.54, 1.807) is 18.0 Å². The van der Waals surface area contributed by atoms with Gasteiger partial charge in [-0.15, -0.1) is 0 Å². The molecule has 1 fully saturated rings. The number of aromatic amines is 1. The van der Waals surface area contributed by atoms with Gasteiger partial charge >= 0.3 is 0 Å². The second kappa shape index (κ2) is 9.58. The molecular weight excluding hydrogens is 506 g/mol. The molecule has 1 unspecified atom stereocenters. The van der Waals surface area contributed by atoms with Gasteiger partial charge in [-0.25, -0.2) is 23.7 Å². The van der Waals surface area contributed by atoms with Gasteiger partial charge in [-0.2, -0.15) is 5.26 Å². The lowest BCUT2D eigenvalue weighted by atomic mass is 9.84. The van der Waals surface area contributed by atoms with Gasteiger partial charge in [0.2, 0.25) is 5.91 Å². The van der Waals surface area contributed by atoms with Gasteiger partial charge in [-0.05, 0) is 24.5 Å². The third-order valence-electron chi connectivity index (χ3n) is 6.66. The van der Waals surface area contributed by atoms with E-state index in [1.807, 2.05) is 20.8 Å². The maximum absolute atomic E-state index is 13.8. The molecular formula is C27H26F2N8O2. The number of nitriles is 1. The molecule has 39 heavy (non-hydrogen) atoms. The highest BCUT2D eigenvalue weighted by Crippen LogP contribution is 2.27. The number of aryl methyl sites for hydroxylation is 1. The van der Waals surface area contributed by atoms with Gasteiger partial charge in [0.1, 0.15) is 40.4 Å². The molecule has 4 aromatic rings. The van der Waals surface area contributed by atoms with Crippen LogP contribution in [-0.4, -0.2) is 60.3 Å². The van der Waals surface area contributed by atoms with Gasteiger partial charge in [-0.3, -0.25) is 9.59 Å². The Balaban J connectivity index is 1.44. The van der Waals surface area contributed by atoms with Gasteiger partial charge in [-0.1, -0.05) is 20.8 Å². The first-order valence-electron chi connectivity index (χ1n) is 12.3. The number of imidazole rings is 1. The van der Waals surface area contributed by atoms with E-state index in [0.717, 1.165) is 6.07 Å². The maximum atomic E-state index is 13.8. The number of rotatable bonds is 5. The lowest BCUT2D eigenvalue weighted by molar-refractivity contribution is -0.141. The van der Waals surface area contributed by atoms with Gasteiger partial charge in [0.15, 0.2) is 5.65 Å². The Kier molecular flexibility index (Phi) is 6.38. The lowest BCUT2D eigenvalue weighted by Crippen LogP contribution is -2.60. The number of hydrogen-bond donors (Lipinski definition) is 2. The first-order chi connectivity index (χ1) is 18.4. The fourth-order valence-corrected chi connectivity index (χ4v) is 4.50. The van der Waals surface area contributed by atoms with Crippen molar-refractivity contribution < 1.29 is 18.4 Å². The van der Waals surface area contributed by atoms with Crippen molar-refractivity contribution in [2.24, 2.45) is 11.3 Å². The molecule has 0 aliphatic carbocycles. The lowest BCUT2D eigenvalue weighted by Gasteiger charge is -2.41. The Morgan fingerprint density at radius 1 is 1.15 bits per heavy atom. The average Bonchev–Trinajstić information content (AvgIpc) is 3.43. The van der Waals surface area contributed by atoms with Crippen LogP contribution in [0.3, 0.4) is 0 Å². The third-order valence-corrected chi connectivity index (χ3v) is 6.66. The number of benzene rings is 1. The third kappa shape index (κ3) is 4.95. The maximum Gasteiger partial charge on any atom is 0.255 e. The summed E-state index contributed by atoms with van der Waals surface area (Å²) in [5, 5.41) is 11.9. The topological polar surface area (TPSA) is 133 Å². The number of H-pyrrole nitrogens is 1. The van der Waals surface area contributed by atoms with E-state index < -0.39 is 29.0 Å². The molecule has 0 saturated carbocycles. The summed E-state index contributed by atoms with van der Waals surface area (Å²) >= 11 is 0. The number of aromatic nitrogens is 5. The predicted octanol–water partition coefficient (Wildman–Crippen LogP) is 3.52. The molecule has 12 heteroatoms. The monoisotopic (exact) mass is 532 g/mol. The minimum Gasteiger partial charge on any atom is -0.344 e. The number of nitrogens with zero attached hydrogens (tertiary/aromatic N) is 6. The van der Waals surface area contributed by atoms with E-state index in [1.165, 1.54) is 29.1 Å². The molecule has 1 atom stereocenters. The van der Waals surface area contributed by atoms with Crippen molar-refractivity contribution in [1.82, 2.24) is 34.7 Å². The summed E-state index contributed by atoms with van der Waals surface area (Å²) in [4.78, 5) is 44.4. The smallest absolute Gasteiger partial charge is 0.255 e. The molecule has 4 heterocycles. The number of amides is 2. The van der Waals surface area contributed by atoms with Crippen molar-refractivity contribution in [3.8, 4) is 23.1 Å². The molecule has 1 aromatic carbocycles. The molecule has 200 valence electrons. The van der Waals surface area contributed by atoms with Crippen LogP contribution >= 0.6 is 0 Å². The van der Waals surface area contributed by atoms with E-state index in [-0.39, 0.29) is 28.6 Å². The number of likely N-dealkylation sites (tertiary alicyclic amines) is 1. The van der Waals surface area contributed by atoms with Crippen LogP contribution in [0.5, 0.6) is 0 Å². The zero-order chi connectivity index (χ0) is 28.1. The summed E-state index contributed by atoms with van der Waals surface area (Å²) < 4.78 is 29.1. The molecule has 2 amide bonds. The SMILES string of the molecule is Cc1nc(-c2cnc3[nH]cc(C(=O)NC(C(=O)N4CC(C#N)C4)C(C)(C)C)c3n2)cn1-c1cc(F)cc(F)c1. The van der Waals surface area contributed by atoms with E-state index in [4.69, 9.17) is 5.26 Å². The number of halogens is 2. The van der Waals surface area contributed by atoms with Crippen LogP contribution in [0.25, 0.3) is 28.2 Å². The van der Waals surface area contributed by atoms with Crippen molar-refractivity contribution >= 4 is 23.0 Å². The van der Waals surface area contributed by atoms with E-state index in [0.29, 0.717) is 35.9 Å². The first-order valence-corrected chi connectivity index (χ1v) is 12.3. The van der Waals surface area contributed by atoms with E-state index >= 15 is 0 Å². The average molecular weight is 533 g/mol. The standard InChI is InChI=1S/C27H26F2N8O2/c1-14-33-21(13-37(14)18-6-16(28)5-17(29)7-18)20-10-32-24-22(34-20)19(9-31-24)25(38)35-23(27(2,3)4)26(39)36-11-15(8-30)12-36/h5-7,9-10,13,15,23H,11-12H2,1-4H3,(H,31,32)(H,35,38). The highest BCUT2D eigenvalue weighted by Gasteiger charge is 2.40. The van der Waals surface area contributed by atoms with Crippen molar-refractivity contribution in [1.29, 1.82) is 5.26 Å². The quantitative estimate of drug-likeness (QED) is 0.404. The minimum absolute atomic E-state index is 0.195. The highest BCUT2D eigenvalue weighted by atomic mass is 19.1. The number of fused-ring (bicyclic) bond motifs is 1. The minimum atomic E-state index is -0.823. The molecule has 10 nitrogen and oxygen atoms in total. The second-order valence-electron chi connectivity index (χ2n) is 10.7. The summed E-state index contributed by atoms with van der Waals surface area (Å²) in [6, 6.07) is 4.50. The van der Waals surface area contributed by atoms with Crippen LogP contribution in [0.15, 0.2) is 36.8 Å². The Bertz CT molecular complexity index is 1620. The summed E-state index contributed by atoms with van der Waals surface area (Å²) in [6.07, 6.45) is 4.54. The van der Waals surface area contributed by atoms with Gasteiger partial charge in [0.05, 0.1) is 29.4 Å². The van der Waals surface area contributed by atoms with Crippen molar-refractivity contribution in [3.63, 3.8) is 0 Å². The van der Waals surface area contributed by atoms with Gasteiger partial charge in [0.25, 0.3) is 5.91 Å². The van der Waals surface area contributed by atoms with Gasteiger partial charge in [0, 0.05) is 31.5 Å². The molecule has 2 N–H and O–H groups in total. The molecule has 1 aliphatic rings. The van der Waals surface area contributed by atoms with Crippen LogP contribution < -0.4 is 5.32 Å². The van der Waals surface area contributed by atoms with Crippen molar-refractivity contribution in [2.75, 3.05) is 13.1 Å². The summed E-state index contributed by atoms with van der Waals surface area (Å²) in [6.45, 7) is 7.94. The van der Waals surface area contributed by atoms with Crippen molar-refractivity contribution in [3.05, 3.63) is 59.8 Å². The second-order valence-corrected chi connectivity index (χ2v) is 10.7. The number of carbonyl (C=O) groups is 2. The Hall–Kier alpha value is -4.66. The Morgan fingerprint density at radius 3 is 2.49 bits per heavy atom. The van der Waals surface area contributed by atoms with Crippen LogP contribution in [0.1, 0.15) is 37.0 Å². The zero-order valence-corrected chi connectivity index (χ0v) is 21.8. The Labute approximate surface area is 222 Å². The number of carbonyl (C=O) groups excluding carboxylic acids is 2. The van der Waals surface area contributed by atoms with Gasteiger partial charge < -0.3 is 19.8 Å². The molecule has 1 saturated heterocycles. The zero-order valence-electron chi connectivity index (χ0n) is 21.8. The van der Waals surface area contributed by atoms with Crippen LogP contribution in [0.4, 0.5) is 8.78 Å². The summed E-state index contributed by atoms with van der Waals surface area (Å²) in [5.41, 5.74) is 1.26. The number of hydrogen-bond acceptors (Lipinski definition) is 6. The molecule has 0 bridgehead atoms. The van der Waals surface area contributed by atoms with Crippen LogP contribution in [0.2, 0.25) is 0 Å². The Morgan fingerprint density at radius 2 is 1.85 bits per heavy atom. The molecule has 3 aromatic heterocycles. The first kappa shape index (κ1) is 26.0. The van der Waals surface area contributed by atoms with Crippen molar-refractivity contribution in [2.45, 2.75) is 33.7 Å². The predicted molar refractivity (Wildman–Crippen MR) is 137 cm³/mol. The molecule has 1 aliphatic heterocycles. The summed E-state index contributed by atoms with van der Waals surface area (Å²) in [5.74, 6) is -1.90. The fraction of sp³-hybridized carbons (Fsp3) is 0.333. The summed E-state index contributed by atoms with van der Waals surface area (Å²) in [7, 11) is 0. The molecule has 0 radical (unpaired) electrons. The van der Waals surface area contributed by atoms with Crippen LogP contribution in [-0.2, 0) is 4.79 Å². The number of nitrogens with one attached hydrogen (secondary N) is 2. The van der Waals surface area contributed by atoms with Crippen LogP contribution in [0, 0.1) is 41.2 Å². The fourth-order valence-electron chi connectivity index (χ4n) is 4.50. The largest absolute Gasteiger partial charge is 0.344 e. The molecule has 0 spiro atoms. The molecule has 5 rings (SSSR count).